The van der Waals surface area contributed by atoms with Crippen LogP contribution in [0, 0.1) is 0 Å². The van der Waals surface area contributed by atoms with Gasteiger partial charge in [0.25, 0.3) is 11.5 Å². The fourth-order valence-electron chi connectivity index (χ4n) is 4.02. The maximum absolute atomic E-state index is 13.5. The highest BCUT2D eigenvalue weighted by Gasteiger charge is 2.28. The first-order chi connectivity index (χ1) is 16.9. The first kappa shape index (κ1) is 26.2. The van der Waals surface area contributed by atoms with Crippen molar-refractivity contribution in [2.24, 2.45) is 0 Å². The van der Waals surface area contributed by atoms with Crippen LogP contribution in [0.4, 0.5) is 0 Å². The van der Waals surface area contributed by atoms with Gasteiger partial charge in [0, 0.05) is 18.5 Å². The number of aliphatic hydroxyl groups is 1. The van der Waals surface area contributed by atoms with Crippen LogP contribution in [-0.2, 0) is 0 Å². The molecule has 0 aliphatic heterocycles. The molecule has 186 valence electrons. The van der Waals surface area contributed by atoms with Crippen LogP contribution >= 0.6 is 0 Å². The first-order valence-electron chi connectivity index (χ1n) is 12.2. The molecule has 7 nitrogen and oxygen atoms in total. The van der Waals surface area contributed by atoms with E-state index in [0.29, 0.717) is 12.4 Å². The molecule has 0 saturated carbocycles. The normalized spacial score (nSPS) is 11.9. The molecule has 1 amide bonds. The Morgan fingerprint density at radius 1 is 1.09 bits per heavy atom. The second-order valence-corrected chi connectivity index (χ2v) is 8.82. The molecule has 2 N–H and O–H groups in total. The number of benzene rings is 2. The van der Waals surface area contributed by atoms with Crippen LogP contribution in [0.1, 0.15) is 68.3 Å². The van der Waals surface area contributed by atoms with Crippen molar-refractivity contribution in [3.05, 3.63) is 82.0 Å². The van der Waals surface area contributed by atoms with Gasteiger partial charge in [-0.1, -0.05) is 74.9 Å². The zero-order valence-electron chi connectivity index (χ0n) is 21.0. The lowest BCUT2D eigenvalue weighted by Crippen LogP contribution is -2.40. The maximum Gasteiger partial charge on any atom is 0.294 e. The summed E-state index contributed by atoms with van der Waals surface area (Å²) in [4.78, 5) is 35.7. The molecule has 7 heteroatoms. The van der Waals surface area contributed by atoms with Crippen LogP contribution in [-0.4, -0.2) is 51.7 Å². The molecule has 3 rings (SSSR count). The Labute approximate surface area is 206 Å². The summed E-state index contributed by atoms with van der Waals surface area (Å²) in [5, 5.41) is 9.50. The molecule has 0 fully saturated rings. The predicted molar refractivity (Wildman–Crippen MR) is 138 cm³/mol. The van der Waals surface area contributed by atoms with Gasteiger partial charge in [0.05, 0.1) is 13.2 Å². The van der Waals surface area contributed by atoms with Crippen molar-refractivity contribution < 1.29 is 14.6 Å². The minimum absolute atomic E-state index is 0.0222. The van der Waals surface area contributed by atoms with Gasteiger partial charge in [0.1, 0.15) is 5.82 Å². The summed E-state index contributed by atoms with van der Waals surface area (Å²) in [5.41, 5.74) is 2.57. The molecule has 1 heterocycles. The van der Waals surface area contributed by atoms with Crippen molar-refractivity contribution in [1.82, 2.24) is 14.9 Å². The Hall–Kier alpha value is -3.45. The van der Waals surface area contributed by atoms with E-state index >= 15 is 0 Å². The van der Waals surface area contributed by atoms with Crippen LogP contribution in [0.15, 0.2) is 59.4 Å². The quantitative estimate of drug-likeness (QED) is 0.393. The van der Waals surface area contributed by atoms with Gasteiger partial charge in [-0.2, -0.15) is 0 Å². The fourth-order valence-corrected chi connectivity index (χ4v) is 4.02. The molecule has 0 bridgehead atoms. The van der Waals surface area contributed by atoms with Gasteiger partial charge in [-0.25, -0.2) is 4.98 Å². The number of hydrogen-bond acceptors (Lipinski definition) is 5. The standard InChI is InChI=1S/C28H35N3O4/c1-5-6-18-35-25-24(28(34)31(16-17-32)19(2)3)29-26(30-27(25)33)20(4)22-14-10-11-15-23(22)21-12-8-7-9-13-21/h7-15,19-20,32H,5-6,16-18H2,1-4H3,(H,29,30,33). The lowest BCUT2D eigenvalue weighted by Gasteiger charge is -2.26. The summed E-state index contributed by atoms with van der Waals surface area (Å²) in [6.07, 6.45) is 1.64. The molecule has 1 unspecified atom stereocenters. The van der Waals surface area contributed by atoms with Crippen molar-refractivity contribution in [3.8, 4) is 16.9 Å². The SMILES string of the molecule is CCCCOc1c(C(=O)N(CCO)C(C)C)nc(C(C)c2ccccc2-c2ccccc2)[nH]c1=O. The minimum atomic E-state index is -0.480. The van der Waals surface area contributed by atoms with Crippen molar-refractivity contribution in [2.75, 3.05) is 19.8 Å². The van der Waals surface area contributed by atoms with Crippen molar-refractivity contribution in [1.29, 1.82) is 0 Å². The van der Waals surface area contributed by atoms with Crippen molar-refractivity contribution >= 4 is 5.91 Å². The maximum atomic E-state index is 13.5. The van der Waals surface area contributed by atoms with Gasteiger partial charge >= 0.3 is 0 Å². The number of nitrogens with one attached hydrogen (secondary N) is 1. The molecular formula is C28H35N3O4. The summed E-state index contributed by atoms with van der Waals surface area (Å²) < 4.78 is 5.75. The molecule has 0 saturated heterocycles. The number of unbranched alkanes of at least 4 members (excludes halogenated alkanes) is 1. The Morgan fingerprint density at radius 2 is 1.77 bits per heavy atom. The molecule has 0 aliphatic rings. The third-order valence-electron chi connectivity index (χ3n) is 5.99. The van der Waals surface area contributed by atoms with E-state index in [9.17, 15) is 14.7 Å². The van der Waals surface area contributed by atoms with Crippen LogP contribution in [0.5, 0.6) is 5.75 Å². The molecule has 35 heavy (non-hydrogen) atoms. The van der Waals surface area contributed by atoms with E-state index in [4.69, 9.17) is 4.74 Å². The Morgan fingerprint density at radius 3 is 2.43 bits per heavy atom. The van der Waals surface area contributed by atoms with Crippen molar-refractivity contribution in [3.63, 3.8) is 0 Å². The number of aliphatic hydroxyl groups excluding tert-OH is 1. The lowest BCUT2D eigenvalue weighted by atomic mass is 9.91. The zero-order chi connectivity index (χ0) is 25.4. The highest BCUT2D eigenvalue weighted by atomic mass is 16.5. The number of aromatic nitrogens is 2. The van der Waals surface area contributed by atoms with Gasteiger partial charge < -0.3 is 19.7 Å². The number of carbonyl (C=O) groups excluding carboxylic acids is 1. The van der Waals surface area contributed by atoms with Crippen LogP contribution in [0.2, 0.25) is 0 Å². The Bertz CT molecular complexity index is 1170. The minimum Gasteiger partial charge on any atom is -0.486 e. The van der Waals surface area contributed by atoms with E-state index in [1.54, 1.807) is 0 Å². The second-order valence-electron chi connectivity index (χ2n) is 8.82. The van der Waals surface area contributed by atoms with Crippen LogP contribution in [0.3, 0.4) is 0 Å². The van der Waals surface area contributed by atoms with E-state index in [2.05, 4.69) is 9.97 Å². The van der Waals surface area contributed by atoms with Gasteiger partial charge in [-0.05, 0) is 37.0 Å². The summed E-state index contributed by atoms with van der Waals surface area (Å²) in [6, 6.07) is 17.8. The highest BCUT2D eigenvalue weighted by Crippen LogP contribution is 2.32. The first-order valence-corrected chi connectivity index (χ1v) is 12.2. The number of ether oxygens (including phenoxy) is 1. The van der Waals surface area contributed by atoms with Crippen LogP contribution < -0.4 is 10.3 Å². The Kier molecular flexibility index (Phi) is 9.20. The number of aromatic amines is 1. The molecule has 2 aromatic carbocycles. The molecular weight excluding hydrogens is 442 g/mol. The zero-order valence-corrected chi connectivity index (χ0v) is 21.0. The number of rotatable bonds is 11. The van der Waals surface area contributed by atoms with Crippen LogP contribution in [0.25, 0.3) is 11.1 Å². The topological polar surface area (TPSA) is 95.5 Å². The molecule has 1 aromatic heterocycles. The fraction of sp³-hybridized carbons (Fsp3) is 0.393. The summed E-state index contributed by atoms with van der Waals surface area (Å²) >= 11 is 0. The molecule has 0 radical (unpaired) electrons. The summed E-state index contributed by atoms with van der Waals surface area (Å²) in [7, 11) is 0. The van der Waals surface area contributed by atoms with Crippen molar-refractivity contribution in [2.45, 2.75) is 52.5 Å². The van der Waals surface area contributed by atoms with Gasteiger partial charge in [-0.15, -0.1) is 0 Å². The lowest BCUT2D eigenvalue weighted by molar-refractivity contribution is 0.0653. The molecule has 0 spiro atoms. The number of carbonyl (C=O) groups is 1. The van der Waals surface area contributed by atoms with E-state index in [-0.39, 0.29) is 36.6 Å². The third-order valence-corrected chi connectivity index (χ3v) is 5.99. The van der Waals surface area contributed by atoms with E-state index in [0.717, 1.165) is 29.5 Å². The van der Waals surface area contributed by atoms with Gasteiger partial charge in [-0.3, -0.25) is 9.59 Å². The predicted octanol–water partition coefficient (Wildman–Crippen LogP) is 4.61. The number of H-pyrrole nitrogens is 1. The van der Waals surface area contributed by atoms with Gasteiger partial charge in [0.2, 0.25) is 5.75 Å². The average Bonchev–Trinajstić information content (AvgIpc) is 2.87. The smallest absolute Gasteiger partial charge is 0.294 e. The monoisotopic (exact) mass is 477 g/mol. The number of nitrogens with zero attached hydrogens (tertiary/aromatic N) is 2. The molecule has 0 aliphatic carbocycles. The highest BCUT2D eigenvalue weighted by molar-refractivity contribution is 5.95. The van der Waals surface area contributed by atoms with E-state index < -0.39 is 11.5 Å². The summed E-state index contributed by atoms with van der Waals surface area (Å²) in [6.45, 7) is 7.97. The molecule has 1 atom stereocenters. The van der Waals surface area contributed by atoms with Gasteiger partial charge in [0.15, 0.2) is 5.69 Å². The second kappa shape index (κ2) is 12.3. The Balaban J connectivity index is 2.11. The average molecular weight is 478 g/mol. The number of hydrogen-bond donors (Lipinski definition) is 2. The third kappa shape index (κ3) is 6.17. The summed E-state index contributed by atoms with van der Waals surface area (Å²) in [5.74, 6) is -0.409. The van der Waals surface area contributed by atoms with E-state index in [1.165, 1.54) is 4.90 Å². The number of amides is 1. The largest absolute Gasteiger partial charge is 0.486 e. The van der Waals surface area contributed by atoms with E-state index in [1.807, 2.05) is 82.3 Å². The molecule has 3 aromatic rings.